The summed E-state index contributed by atoms with van der Waals surface area (Å²) in [6.45, 7) is 3.39. The fourth-order valence-electron chi connectivity index (χ4n) is 2.80. The molecule has 2 N–H and O–H groups in total. The highest BCUT2D eigenvalue weighted by molar-refractivity contribution is 5.79. The highest BCUT2D eigenvalue weighted by Gasteiger charge is 2.44. The number of rotatable bonds is 5. The number of nitrogens with zero attached hydrogens (tertiary/aromatic N) is 2. The Bertz CT molecular complexity index is 720. The maximum absolute atomic E-state index is 13.5. The van der Waals surface area contributed by atoms with E-state index in [2.05, 4.69) is 26.7 Å². The maximum Gasteiger partial charge on any atom is 0.191 e. The molecule has 0 spiro atoms. The van der Waals surface area contributed by atoms with E-state index in [9.17, 15) is 4.39 Å². The molecule has 1 aromatic heterocycles. The molecule has 1 saturated carbocycles. The first kappa shape index (κ1) is 16.4. The number of hydrogen-bond acceptors (Lipinski definition) is 2. The van der Waals surface area contributed by atoms with Gasteiger partial charge in [-0.25, -0.2) is 4.39 Å². The van der Waals surface area contributed by atoms with Crippen LogP contribution in [0.2, 0.25) is 0 Å². The van der Waals surface area contributed by atoms with Crippen molar-refractivity contribution in [2.75, 3.05) is 13.6 Å². The normalized spacial score (nSPS) is 15.9. The number of guanidine groups is 1. The molecule has 0 aliphatic heterocycles. The van der Waals surface area contributed by atoms with Crippen LogP contribution >= 0.6 is 0 Å². The van der Waals surface area contributed by atoms with E-state index >= 15 is 0 Å². The summed E-state index contributed by atoms with van der Waals surface area (Å²) >= 11 is 0. The number of nitrogens with one attached hydrogen (secondary N) is 2. The molecule has 24 heavy (non-hydrogen) atoms. The first-order chi connectivity index (χ1) is 11.6. The molecule has 5 heteroatoms. The van der Waals surface area contributed by atoms with Crippen LogP contribution in [-0.2, 0) is 12.0 Å². The van der Waals surface area contributed by atoms with E-state index in [0.717, 1.165) is 42.2 Å². The second kappa shape index (κ2) is 6.99. The maximum atomic E-state index is 13.5. The average molecular weight is 326 g/mol. The van der Waals surface area contributed by atoms with Gasteiger partial charge in [0.25, 0.3) is 0 Å². The minimum Gasteiger partial charge on any atom is -0.356 e. The SMILES string of the molecule is CN=C(NCc1ccc(C)nc1)NCC1(c2cccc(F)c2)CC1. The molecule has 1 aromatic carbocycles. The van der Waals surface area contributed by atoms with Gasteiger partial charge in [0.15, 0.2) is 5.96 Å². The number of pyridine rings is 1. The Kier molecular flexibility index (Phi) is 4.79. The molecular formula is C19H23FN4. The zero-order chi connectivity index (χ0) is 17.0. The predicted octanol–water partition coefficient (Wildman–Crippen LogP) is 2.93. The van der Waals surface area contributed by atoms with E-state index in [-0.39, 0.29) is 11.2 Å². The monoisotopic (exact) mass is 326 g/mol. The Labute approximate surface area is 142 Å². The molecule has 1 aliphatic rings. The van der Waals surface area contributed by atoms with E-state index in [0.29, 0.717) is 6.54 Å². The summed E-state index contributed by atoms with van der Waals surface area (Å²) in [5.41, 5.74) is 3.21. The molecule has 1 heterocycles. The minimum absolute atomic E-state index is 0.0329. The van der Waals surface area contributed by atoms with Crippen LogP contribution in [0.3, 0.4) is 0 Å². The summed E-state index contributed by atoms with van der Waals surface area (Å²) in [6.07, 6.45) is 4.01. The molecule has 0 bridgehead atoms. The molecule has 0 radical (unpaired) electrons. The number of hydrogen-bond donors (Lipinski definition) is 2. The topological polar surface area (TPSA) is 49.3 Å². The van der Waals surface area contributed by atoms with Gasteiger partial charge in [-0.2, -0.15) is 0 Å². The lowest BCUT2D eigenvalue weighted by molar-refractivity contribution is 0.607. The minimum atomic E-state index is -0.173. The summed E-state index contributed by atoms with van der Waals surface area (Å²) in [5, 5.41) is 6.66. The van der Waals surface area contributed by atoms with Crippen LogP contribution in [0.4, 0.5) is 4.39 Å². The largest absolute Gasteiger partial charge is 0.356 e. The molecule has 2 aromatic rings. The van der Waals surface area contributed by atoms with Crippen molar-refractivity contribution in [3.05, 3.63) is 65.2 Å². The fraction of sp³-hybridized carbons (Fsp3) is 0.368. The highest BCUT2D eigenvalue weighted by atomic mass is 19.1. The number of halogens is 1. The summed E-state index contributed by atoms with van der Waals surface area (Å²) in [4.78, 5) is 8.55. The van der Waals surface area contributed by atoms with Gasteiger partial charge in [0.1, 0.15) is 5.82 Å². The lowest BCUT2D eigenvalue weighted by atomic mass is 9.96. The second-order valence-corrected chi connectivity index (χ2v) is 6.38. The zero-order valence-electron chi connectivity index (χ0n) is 14.1. The van der Waals surface area contributed by atoms with Crippen molar-refractivity contribution in [3.63, 3.8) is 0 Å². The second-order valence-electron chi connectivity index (χ2n) is 6.38. The highest BCUT2D eigenvalue weighted by Crippen LogP contribution is 2.47. The van der Waals surface area contributed by atoms with E-state index in [4.69, 9.17) is 0 Å². The lowest BCUT2D eigenvalue weighted by Crippen LogP contribution is -2.40. The van der Waals surface area contributed by atoms with Gasteiger partial charge in [0, 0.05) is 37.4 Å². The van der Waals surface area contributed by atoms with Gasteiger partial charge in [-0.3, -0.25) is 9.98 Å². The van der Waals surface area contributed by atoms with E-state index < -0.39 is 0 Å². The Hall–Kier alpha value is -2.43. The molecule has 1 aliphatic carbocycles. The molecule has 126 valence electrons. The van der Waals surface area contributed by atoms with Crippen LogP contribution in [0, 0.1) is 12.7 Å². The van der Waals surface area contributed by atoms with Crippen LogP contribution in [0.5, 0.6) is 0 Å². The van der Waals surface area contributed by atoms with Crippen LogP contribution in [0.15, 0.2) is 47.6 Å². The Morgan fingerprint density at radius 2 is 2.08 bits per heavy atom. The van der Waals surface area contributed by atoms with E-state index in [1.807, 2.05) is 25.3 Å². The lowest BCUT2D eigenvalue weighted by Gasteiger charge is -2.19. The van der Waals surface area contributed by atoms with Crippen molar-refractivity contribution in [3.8, 4) is 0 Å². The Morgan fingerprint density at radius 3 is 2.71 bits per heavy atom. The molecule has 0 saturated heterocycles. The predicted molar refractivity (Wildman–Crippen MR) is 94.5 cm³/mol. The van der Waals surface area contributed by atoms with E-state index in [1.165, 1.54) is 6.07 Å². The number of aliphatic imine (C=N–C) groups is 1. The van der Waals surface area contributed by atoms with Crippen molar-refractivity contribution >= 4 is 5.96 Å². The first-order valence-corrected chi connectivity index (χ1v) is 8.23. The average Bonchev–Trinajstić information content (AvgIpc) is 3.38. The molecule has 4 nitrogen and oxygen atoms in total. The summed E-state index contributed by atoms with van der Waals surface area (Å²) in [7, 11) is 1.75. The van der Waals surface area contributed by atoms with Crippen LogP contribution < -0.4 is 10.6 Å². The summed E-state index contributed by atoms with van der Waals surface area (Å²) in [5.74, 6) is 0.575. The van der Waals surface area contributed by atoms with Gasteiger partial charge in [-0.1, -0.05) is 18.2 Å². The standard InChI is InChI=1S/C19H23FN4/c1-14-6-7-15(11-22-14)12-23-18(21-2)24-13-19(8-9-19)16-4-3-5-17(20)10-16/h3-7,10-11H,8-9,12-13H2,1-2H3,(H2,21,23,24). The van der Waals surface area contributed by atoms with Crippen molar-refractivity contribution in [1.82, 2.24) is 15.6 Å². The fourth-order valence-corrected chi connectivity index (χ4v) is 2.80. The Balaban J connectivity index is 1.55. The molecule has 0 atom stereocenters. The number of benzene rings is 1. The van der Waals surface area contributed by atoms with Crippen molar-refractivity contribution < 1.29 is 4.39 Å². The molecular weight excluding hydrogens is 303 g/mol. The van der Waals surface area contributed by atoms with Crippen LogP contribution in [0.1, 0.15) is 29.7 Å². The first-order valence-electron chi connectivity index (χ1n) is 8.23. The quantitative estimate of drug-likeness (QED) is 0.656. The summed E-state index contributed by atoms with van der Waals surface area (Å²) < 4.78 is 13.5. The molecule has 0 amide bonds. The van der Waals surface area contributed by atoms with Gasteiger partial charge < -0.3 is 10.6 Å². The van der Waals surface area contributed by atoms with Gasteiger partial charge in [0.2, 0.25) is 0 Å². The van der Waals surface area contributed by atoms with E-state index in [1.54, 1.807) is 19.2 Å². The zero-order valence-corrected chi connectivity index (χ0v) is 14.1. The van der Waals surface area contributed by atoms with Crippen molar-refractivity contribution in [1.29, 1.82) is 0 Å². The molecule has 0 unspecified atom stereocenters. The smallest absolute Gasteiger partial charge is 0.191 e. The van der Waals surface area contributed by atoms with Gasteiger partial charge in [-0.15, -0.1) is 0 Å². The van der Waals surface area contributed by atoms with Gasteiger partial charge in [-0.05, 0) is 49.1 Å². The third-order valence-corrected chi connectivity index (χ3v) is 4.54. The van der Waals surface area contributed by atoms with Gasteiger partial charge >= 0.3 is 0 Å². The molecule has 3 rings (SSSR count). The van der Waals surface area contributed by atoms with Crippen LogP contribution in [0.25, 0.3) is 0 Å². The van der Waals surface area contributed by atoms with Crippen LogP contribution in [-0.4, -0.2) is 24.5 Å². The number of aromatic nitrogens is 1. The number of aryl methyl sites for hydroxylation is 1. The Morgan fingerprint density at radius 1 is 1.25 bits per heavy atom. The summed E-state index contributed by atoms with van der Waals surface area (Å²) in [6, 6.07) is 11.0. The third-order valence-electron chi connectivity index (χ3n) is 4.54. The van der Waals surface area contributed by atoms with Gasteiger partial charge in [0.05, 0.1) is 0 Å². The van der Waals surface area contributed by atoms with Crippen molar-refractivity contribution in [2.45, 2.75) is 31.7 Å². The molecule has 1 fully saturated rings. The third kappa shape index (κ3) is 3.91. The van der Waals surface area contributed by atoms with Crippen molar-refractivity contribution in [2.24, 2.45) is 4.99 Å².